The number of nitrogens with zero attached hydrogens (tertiary/aromatic N) is 2. The predicted octanol–water partition coefficient (Wildman–Crippen LogP) is 0.604. The average Bonchev–Trinajstić information content (AvgIpc) is 2.94. The standard InChI is InChI=1S/C10H13N3O3/c11-6-10(3-1-2-4-10)12-9(14)7-5-8(7)13(15)16/h7-8H,1-5H2,(H,12,14)/t7-,8-/m0/s1. The molecular weight excluding hydrogens is 210 g/mol. The third-order valence-corrected chi connectivity index (χ3v) is 3.40. The Morgan fingerprint density at radius 3 is 2.56 bits per heavy atom. The highest BCUT2D eigenvalue weighted by atomic mass is 16.6. The third-order valence-electron chi connectivity index (χ3n) is 3.40. The number of hydrogen-bond acceptors (Lipinski definition) is 4. The second-order valence-electron chi connectivity index (χ2n) is 4.59. The quantitative estimate of drug-likeness (QED) is 0.559. The second kappa shape index (κ2) is 3.74. The van der Waals surface area contributed by atoms with Crippen LogP contribution in [0.15, 0.2) is 0 Å². The van der Waals surface area contributed by atoms with Crippen molar-refractivity contribution >= 4 is 5.91 Å². The third kappa shape index (κ3) is 1.85. The zero-order chi connectivity index (χ0) is 11.8. The summed E-state index contributed by atoms with van der Waals surface area (Å²) in [7, 11) is 0. The van der Waals surface area contributed by atoms with Crippen molar-refractivity contribution in [1.82, 2.24) is 5.32 Å². The molecular formula is C10H13N3O3. The van der Waals surface area contributed by atoms with Gasteiger partial charge in [-0.15, -0.1) is 0 Å². The van der Waals surface area contributed by atoms with Gasteiger partial charge in [-0.1, -0.05) is 0 Å². The van der Waals surface area contributed by atoms with E-state index in [1.54, 1.807) is 0 Å². The second-order valence-corrected chi connectivity index (χ2v) is 4.59. The maximum atomic E-state index is 11.7. The molecule has 0 aliphatic heterocycles. The molecule has 2 aliphatic rings. The van der Waals surface area contributed by atoms with Gasteiger partial charge in [-0.3, -0.25) is 14.9 Å². The van der Waals surface area contributed by atoms with Gasteiger partial charge >= 0.3 is 0 Å². The van der Waals surface area contributed by atoms with Gasteiger partial charge in [0.05, 0.1) is 6.07 Å². The first-order valence-corrected chi connectivity index (χ1v) is 5.45. The first-order chi connectivity index (χ1) is 7.58. The number of rotatable bonds is 3. The maximum absolute atomic E-state index is 11.7. The van der Waals surface area contributed by atoms with Gasteiger partial charge in [0.25, 0.3) is 0 Å². The number of carbonyl (C=O) groups excluding carboxylic acids is 1. The zero-order valence-corrected chi connectivity index (χ0v) is 8.81. The van der Waals surface area contributed by atoms with Crippen molar-refractivity contribution in [3.8, 4) is 6.07 Å². The van der Waals surface area contributed by atoms with Crippen molar-refractivity contribution in [3.63, 3.8) is 0 Å². The van der Waals surface area contributed by atoms with E-state index < -0.39 is 22.4 Å². The molecule has 6 nitrogen and oxygen atoms in total. The fourth-order valence-electron chi connectivity index (χ4n) is 2.27. The highest BCUT2D eigenvalue weighted by molar-refractivity contribution is 5.83. The molecule has 6 heteroatoms. The number of nitro groups is 1. The molecule has 16 heavy (non-hydrogen) atoms. The lowest BCUT2D eigenvalue weighted by Crippen LogP contribution is -2.46. The highest BCUT2D eigenvalue weighted by Gasteiger charge is 2.54. The van der Waals surface area contributed by atoms with Crippen LogP contribution in [0.3, 0.4) is 0 Å². The lowest BCUT2D eigenvalue weighted by Gasteiger charge is -2.21. The van der Waals surface area contributed by atoms with Crippen molar-refractivity contribution in [2.24, 2.45) is 5.92 Å². The molecule has 2 aliphatic carbocycles. The summed E-state index contributed by atoms with van der Waals surface area (Å²) in [5.74, 6) is -0.856. The molecule has 2 fully saturated rings. The Labute approximate surface area is 92.8 Å². The van der Waals surface area contributed by atoms with E-state index in [1.165, 1.54) is 0 Å². The van der Waals surface area contributed by atoms with E-state index in [2.05, 4.69) is 11.4 Å². The average molecular weight is 223 g/mol. The molecule has 2 saturated carbocycles. The van der Waals surface area contributed by atoms with Gasteiger partial charge in [-0.05, 0) is 25.7 Å². The molecule has 0 saturated heterocycles. The number of hydrogen-bond donors (Lipinski definition) is 1. The van der Waals surface area contributed by atoms with Crippen LogP contribution in [0.4, 0.5) is 0 Å². The van der Waals surface area contributed by atoms with Gasteiger partial charge in [0, 0.05) is 11.3 Å². The molecule has 2 atom stereocenters. The summed E-state index contributed by atoms with van der Waals surface area (Å²) < 4.78 is 0. The Hall–Kier alpha value is -1.64. The minimum atomic E-state index is -0.763. The van der Waals surface area contributed by atoms with Crippen molar-refractivity contribution in [2.45, 2.75) is 43.7 Å². The molecule has 0 aromatic carbocycles. The van der Waals surface area contributed by atoms with Crippen LogP contribution in [0, 0.1) is 27.4 Å². The van der Waals surface area contributed by atoms with Gasteiger partial charge in [0.1, 0.15) is 11.5 Å². The largest absolute Gasteiger partial charge is 0.337 e. The van der Waals surface area contributed by atoms with Gasteiger partial charge in [0.15, 0.2) is 0 Å². The zero-order valence-electron chi connectivity index (χ0n) is 8.81. The first kappa shape index (κ1) is 10.9. The lowest BCUT2D eigenvalue weighted by atomic mass is 9.99. The summed E-state index contributed by atoms with van der Waals surface area (Å²) in [6.45, 7) is 0. The van der Waals surface area contributed by atoms with Crippen molar-refractivity contribution in [1.29, 1.82) is 5.26 Å². The monoisotopic (exact) mass is 223 g/mol. The van der Waals surface area contributed by atoms with Crippen LogP contribution in [0.25, 0.3) is 0 Å². The van der Waals surface area contributed by atoms with E-state index in [1.807, 2.05) is 0 Å². The predicted molar refractivity (Wildman–Crippen MR) is 53.8 cm³/mol. The topological polar surface area (TPSA) is 96.0 Å². The van der Waals surface area contributed by atoms with Crippen LogP contribution >= 0.6 is 0 Å². The van der Waals surface area contributed by atoms with E-state index >= 15 is 0 Å². The molecule has 1 amide bonds. The molecule has 86 valence electrons. The van der Waals surface area contributed by atoms with Crippen molar-refractivity contribution in [3.05, 3.63) is 10.1 Å². The molecule has 0 spiro atoms. The van der Waals surface area contributed by atoms with Crippen molar-refractivity contribution < 1.29 is 9.72 Å². The molecule has 2 rings (SSSR count). The number of carbonyl (C=O) groups is 1. The highest BCUT2D eigenvalue weighted by Crippen LogP contribution is 2.35. The van der Waals surface area contributed by atoms with E-state index in [4.69, 9.17) is 5.26 Å². The van der Waals surface area contributed by atoms with Gasteiger partial charge in [-0.2, -0.15) is 5.26 Å². The summed E-state index contributed by atoms with van der Waals surface area (Å²) >= 11 is 0. The van der Waals surface area contributed by atoms with Gasteiger partial charge in [0.2, 0.25) is 11.9 Å². The molecule has 0 radical (unpaired) electrons. The van der Waals surface area contributed by atoms with Gasteiger partial charge < -0.3 is 5.32 Å². The normalized spacial score (nSPS) is 30.4. The maximum Gasteiger partial charge on any atom is 0.231 e. The summed E-state index contributed by atoms with van der Waals surface area (Å²) in [6.07, 6.45) is 3.48. The van der Waals surface area contributed by atoms with Crippen molar-refractivity contribution in [2.75, 3.05) is 0 Å². The van der Waals surface area contributed by atoms with Crippen LogP contribution in [-0.2, 0) is 4.79 Å². The summed E-state index contributed by atoms with van der Waals surface area (Å²) in [4.78, 5) is 21.7. The van der Waals surface area contributed by atoms with Crippen LogP contribution in [0.5, 0.6) is 0 Å². The summed E-state index contributed by atoms with van der Waals surface area (Å²) in [5, 5.41) is 22.2. The smallest absolute Gasteiger partial charge is 0.231 e. The fraction of sp³-hybridized carbons (Fsp3) is 0.800. The summed E-state index contributed by atoms with van der Waals surface area (Å²) in [5.41, 5.74) is -0.763. The Balaban J connectivity index is 1.93. The minimum Gasteiger partial charge on any atom is -0.337 e. The Morgan fingerprint density at radius 1 is 1.50 bits per heavy atom. The Bertz CT molecular complexity index is 368. The molecule has 0 aromatic heterocycles. The minimum absolute atomic E-state index is 0.306. The molecule has 0 heterocycles. The summed E-state index contributed by atoms with van der Waals surface area (Å²) in [6, 6.07) is 1.39. The fourth-order valence-corrected chi connectivity index (χ4v) is 2.27. The molecule has 1 N–H and O–H groups in total. The van der Waals surface area contributed by atoms with E-state index in [0.717, 1.165) is 12.8 Å². The Kier molecular flexibility index (Phi) is 2.54. The molecule has 0 unspecified atom stereocenters. The van der Waals surface area contributed by atoms with Crippen LogP contribution in [0.1, 0.15) is 32.1 Å². The molecule has 0 aromatic rings. The molecule has 0 bridgehead atoms. The van der Waals surface area contributed by atoms with E-state index in [-0.39, 0.29) is 5.91 Å². The number of nitriles is 1. The SMILES string of the molecule is N#CC1(NC(=O)[C@H]2C[C@@H]2[N+](=O)[O-])CCCC1. The first-order valence-electron chi connectivity index (χ1n) is 5.45. The van der Waals surface area contributed by atoms with Crippen LogP contribution in [-0.4, -0.2) is 22.4 Å². The van der Waals surface area contributed by atoms with Crippen LogP contribution < -0.4 is 5.32 Å². The van der Waals surface area contributed by atoms with E-state index in [9.17, 15) is 14.9 Å². The van der Waals surface area contributed by atoms with E-state index in [0.29, 0.717) is 19.3 Å². The lowest BCUT2D eigenvalue weighted by molar-refractivity contribution is -0.497. The number of amides is 1. The van der Waals surface area contributed by atoms with Gasteiger partial charge in [-0.25, -0.2) is 0 Å². The number of nitrogens with one attached hydrogen (secondary N) is 1. The Morgan fingerprint density at radius 2 is 2.12 bits per heavy atom. The van der Waals surface area contributed by atoms with Crippen LogP contribution in [0.2, 0.25) is 0 Å².